The maximum atomic E-state index is 12.2. The zero-order chi connectivity index (χ0) is 15.7. The minimum atomic E-state index is -0.746. The molecule has 0 bridgehead atoms. The number of hydrogen-bond donors (Lipinski definition) is 2. The zero-order valence-corrected chi connectivity index (χ0v) is 12.6. The quantitative estimate of drug-likeness (QED) is 0.910. The van der Waals surface area contributed by atoms with Crippen molar-refractivity contribution >= 4 is 16.9 Å². The number of aliphatic carboxylic acids is 1. The molecule has 2 aromatic rings. The Labute approximate surface area is 128 Å². The van der Waals surface area contributed by atoms with Gasteiger partial charge in [0.2, 0.25) is 0 Å². The number of pyridine rings is 1. The molecule has 1 saturated heterocycles. The number of aromatic amines is 1. The second-order valence-corrected chi connectivity index (χ2v) is 6.28. The van der Waals surface area contributed by atoms with Crippen LogP contribution in [0.1, 0.15) is 18.9 Å². The molecule has 5 heteroatoms. The number of fused-ring (bicyclic) bond motifs is 1. The van der Waals surface area contributed by atoms with Crippen molar-refractivity contribution < 1.29 is 9.90 Å². The Bertz CT molecular complexity index is 753. The Morgan fingerprint density at radius 3 is 2.91 bits per heavy atom. The number of para-hydroxylation sites is 1. The summed E-state index contributed by atoms with van der Waals surface area (Å²) in [5.74, 6) is -0.762. The van der Waals surface area contributed by atoms with Crippen molar-refractivity contribution in [2.75, 3.05) is 13.1 Å². The van der Waals surface area contributed by atoms with Crippen LogP contribution in [0.25, 0.3) is 10.9 Å². The lowest BCUT2D eigenvalue weighted by molar-refractivity contribution is -0.144. The number of carboxylic acid groups (broad SMARTS) is 1. The van der Waals surface area contributed by atoms with Gasteiger partial charge in [-0.05, 0) is 29.9 Å². The molecule has 5 nitrogen and oxygen atoms in total. The van der Waals surface area contributed by atoms with Gasteiger partial charge in [-0.15, -0.1) is 0 Å². The van der Waals surface area contributed by atoms with Crippen LogP contribution in [-0.4, -0.2) is 34.0 Å². The van der Waals surface area contributed by atoms with Crippen LogP contribution in [0.3, 0.4) is 0 Å². The molecule has 2 N–H and O–H groups in total. The van der Waals surface area contributed by atoms with Crippen molar-refractivity contribution in [1.82, 2.24) is 9.88 Å². The molecule has 2 heterocycles. The third kappa shape index (κ3) is 3.04. The Morgan fingerprint density at radius 2 is 2.14 bits per heavy atom. The summed E-state index contributed by atoms with van der Waals surface area (Å²) in [6.45, 7) is 3.89. The SMILES string of the molecule is C[C@H]1C[C@@H](C(=O)O)CN(Cc2cc3ccccc3[nH]c2=O)C1. The summed E-state index contributed by atoms with van der Waals surface area (Å²) in [6, 6.07) is 9.58. The standard InChI is InChI=1S/C17H20N2O3/c1-11-6-14(17(21)22)10-19(8-11)9-13-7-12-4-2-3-5-15(12)18-16(13)20/h2-5,7,11,14H,6,8-10H2,1H3,(H,18,20)(H,21,22)/t11-,14+/m0/s1. The Morgan fingerprint density at radius 1 is 1.36 bits per heavy atom. The van der Waals surface area contributed by atoms with Crippen molar-refractivity contribution in [3.63, 3.8) is 0 Å². The highest BCUT2D eigenvalue weighted by Crippen LogP contribution is 2.23. The van der Waals surface area contributed by atoms with Gasteiger partial charge in [-0.25, -0.2) is 0 Å². The molecule has 2 atom stereocenters. The summed E-state index contributed by atoms with van der Waals surface area (Å²) in [7, 11) is 0. The van der Waals surface area contributed by atoms with E-state index < -0.39 is 5.97 Å². The first-order valence-corrected chi connectivity index (χ1v) is 7.59. The fourth-order valence-electron chi connectivity index (χ4n) is 3.32. The molecule has 0 spiro atoms. The van der Waals surface area contributed by atoms with E-state index in [4.69, 9.17) is 0 Å². The molecular formula is C17H20N2O3. The van der Waals surface area contributed by atoms with Crippen molar-refractivity contribution in [1.29, 1.82) is 0 Å². The van der Waals surface area contributed by atoms with E-state index in [1.807, 2.05) is 30.3 Å². The maximum absolute atomic E-state index is 12.2. The van der Waals surface area contributed by atoms with Gasteiger partial charge in [0.05, 0.1) is 5.92 Å². The molecule has 0 unspecified atom stereocenters. The summed E-state index contributed by atoms with van der Waals surface area (Å²) >= 11 is 0. The molecule has 1 aromatic carbocycles. The maximum Gasteiger partial charge on any atom is 0.307 e. The van der Waals surface area contributed by atoms with E-state index in [2.05, 4.69) is 16.8 Å². The first kappa shape index (κ1) is 14.8. The van der Waals surface area contributed by atoms with Crippen LogP contribution >= 0.6 is 0 Å². The number of carbonyl (C=O) groups is 1. The first-order valence-electron chi connectivity index (χ1n) is 7.59. The third-order valence-electron chi connectivity index (χ3n) is 4.31. The number of nitrogens with one attached hydrogen (secondary N) is 1. The van der Waals surface area contributed by atoms with E-state index in [0.717, 1.165) is 17.4 Å². The number of likely N-dealkylation sites (tertiary alicyclic amines) is 1. The lowest BCUT2D eigenvalue weighted by atomic mass is 9.90. The van der Waals surface area contributed by atoms with E-state index in [-0.39, 0.29) is 11.5 Å². The average molecular weight is 300 g/mol. The molecule has 0 radical (unpaired) electrons. The third-order valence-corrected chi connectivity index (χ3v) is 4.31. The largest absolute Gasteiger partial charge is 0.481 e. The number of nitrogens with zero attached hydrogens (tertiary/aromatic N) is 1. The molecule has 0 aliphatic carbocycles. The Hall–Kier alpha value is -2.14. The number of hydrogen-bond acceptors (Lipinski definition) is 3. The van der Waals surface area contributed by atoms with Gasteiger partial charge in [0, 0.05) is 30.7 Å². The van der Waals surface area contributed by atoms with Crippen LogP contribution in [0.2, 0.25) is 0 Å². The minimum absolute atomic E-state index is 0.0937. The van der Waals surface area contributed by atoms with E-state index in [1.54, 1.807) is 0 Å². The minimum Gasteiger partial charge on any atom is -0.481 e. The average Bonchev–Trinajstić information content (AvgIpc) is 2.47. The summed E-state index contributed by atoms with van der Waals surface area (Å²) in [6.07, 6.45) is 0.708. The highest BCUT2D eigenvalue weighted by molar-refractivity contribution is 5.78. The van der Waals surface area contributed by atoms with E-state index >= 15 is 0 Å². The molecule has 1 aliphatic heterocycles. The van der Waals surface area contributed by atoms with Crippen molar-refractivity contribution in [2.45, 2.75) is 19.9 Å². The summed E-state index contributed by atoms with van der Waals surface area (Å²) in [5.41, 5.74) is 1.42. The zero-order valence-electron chi connectivity index (χ0n) is 12.6. The molecule has 1 aliphatic rings. The number of benzene rings is 1. The fraction of sp³-hybridized carbons (Fsp3) is 0.412. The van der Waals surface area contributed by atoms with Crippen LogP contribution in [0, 0.1) is 11.8 Å². The number of piperidine rings is 1. The van der Waals surface area contributed by atoms with Crippen LogP contribution in [0.5, 0.6) is 0 Å². The molecule has 0 saturated carbocycles. The van der Waals surface area contributed by atoms with Crippen molar-refractivity contribution in [3.8, 4) is 0 Å². The van der Waals surface area contributed by atoms with Gasteiger partial charge in [0.25, 0.3) is 5.56 Å². The fourth-order valence-corrected chi connectivity index (χ4v) is 3.32. The van der Waals surface area contributed by atoms with Crippen LogP contribution < -0.4 is 5.56 Å². The number of rotatable bonds is 3. The molecule has 116 valence electrons. The second kappa shape index (κ2) is 5.93. The molecule has 0 amide bonds. The number of H-pyrrole nitrogens is 1. The Balaban J connectivity index is 1.84. The van der Waals surface area contributed by atoms with E-state index in [9.17, 15) is 14.7 Å². The van der Waals surface area contributed by atoms with E-state index in [1.165, 1.54) is 0 Å². The molecule has 22 heavy (non-hydrogen) atoms. The van der Waals surface area contributed by atoms with Gasteiger partial charge in [0.1, 0.15) is 0 Å². The van der Waals surface area contributed by atoms with Gasteiger partial charge < -0.3 is 10.1 Å². The summed E-state index contributed by atoms with van der Waals surface area (Å²) in [4.78, 5) is 28.4. The summed E-state index contributed by atoms with van der Waals surface area (Å²) in [5, 5.41) is 10.2. The molecule has 1 fully saturated rings. The lowest BCUT2D eigenvalue weighted by Crippen LogP contribution is -2.42. The molecule has 3 rings (SSSR count). The van der Waals surface area contributed by atoms with Gasteiger partial charge >= 0.3 is 5.97 Å². The normalized spacial score (nSPS) is 22.8. The highest BCUT2D eigenvalue weighted by atomic mass is 16.4. The lowest BCUT2D eigenvalue weighted by Gasteiger charge is -2.34. The number of carboxylic acids is 1. The van der Waals surface area contributed by atoms with Crippen LogP contribution in [-0.2, 0) is 11.3 Å². The van der Waals surface area contributed by atoms with Crippen LogP contribution in [0.15, 0.2) is 35.1 Å². The predicted octanol–water partition coefficient (Wildman–Crippen LogP) is 2.07. The van der Waals surface area contributed by atoms with Gasteiger partial charge in [0.15, 0.2) is 0 Å². The number of aromatic nitrogens is 1. The van der Waals surface area contributed by atoms with Crippen molar-refractivity contribution in [2.24, 2.45) is 11.8 Å². The first-order chi connectivity index (χ1) is 10.5. The van der Waals surface area contributed by atoms with Crippen LogP contribution in [0.4, 0.5) is 0 Å². The second-order valence-electron chi connectivity index (χ2n) is 6.28. The molecular weight excluding hydrogens is 280 g/mol. The van der Waals surface area contributed by atoms with Crippen molar-refractivity contribution in [3.05, 3.63) is 46.2 Å². The summed E-state index contributed by atoms with van der Waals surface area (Å²) < 4.78 is 0. The molecule has 1 aromatic heterocycles. The predicted molar refractivity (Wildman–Crippen MR) is 84.8 cm³/mol. The van der Waals surface area contributed by atoms with Gasteiger partial charge in [-0.3, -0.25) is 14.5 Å². The highest BCUT2D eigenvalue weighted by Gasteiger charge is 2.29. The van der Waals surface area contributed by atoms with Gasteiger partial charge in [-0.2, -0.15) is 0 Å². The topological polar surface area (TPSA) is 73.4 Å². The smallest absolute Gasteiger partial charge is 0.307 e. The monoisotopic (exact) mass is 300 g/mol. The van der Waals surface area contributed by atoms with E-state index in [0.29, 0.717) is 31.0 Å². The Kier molecular flexibility index (Phi) is 3.98. The van der Waals surface area contributed by atoms with Gasteiger partial charge in [-0.1, -0.05) is 25.1 Å².